The van der Waals surface area contributed by atoms with E-state index in [-0.39, 0.29) is 0 Å². The first-order chi connectivity index (χ1) is 9.78. The van der Waals surface area contributed by atoms with Crippen molar-refractivity contribution < 1.29 is 4.52 Å². The molecule has 1 heterocycles. The van der Waals surface area contributed by atoms with Crippen LogP contribution in [0.5, 0.6) is 0 Å². The third-order valence-electron chi connectivity index (χ3n) is 4.16. The summed E-state index contributed by atoms with van der Waals surface area (Å²) in [5, 5.41) is 4.19. The zero-order chi connectivity index (χ0) is 13.9. The van der Waals surface area contributed by atoms with E-state index in [0.29, 0.717) is 18.4 Å². The first kappa shape index (κ1) is 13.3. The average molecular weight is 271 g/mol. The van der Waals surface area contributed by atoms with Crippen LogP contribution in [0.4, 0.5) is 0 Å². The molecule has 0 saturated heterocycles. The topological polar surface area (TPSA) is 64.9 Å². The zero-order valence-electron chi connectivity index (χ0n) is 11.9. The molecule has 1 aromatic carbocycles. The van der Waals surface area contributed by atoms with E-state index in [0.717, 1.165) is 23.7 Å². The molecule has 3 rings (SSSR count). The van der Waals surface area contributed by atoms with Gasteiger partial charge in [-0.1, -0.05) is 30.3 Å². The maximum atomic E-state index is 5.66. The summed E-state index contributed by atoms with van der Waals surface area (Å²) in [6.07, 6.45) is 4.43. The Kier molecular flexibility index (Phi) is 3.83. The largest absolute Gasteiger partial charge is 0.334 e. The molecule has 2 atom stereocenters. The van der Waals surface area contributed by atoms with Gasteiger partial charge in [0.25, 0.3) is 5.89 Å². The number of nitrogens with zero attached hydrogens (tertiary/aromatic N) is 2. The van der Waals surface area contributed by atoms with Gasteiger partial charge in [-0.2, -0.15) is 4.98 Å². The highest BCUT2D eigenvalue weighted by Crippen LogP contribution is 2.37. The Morgan fingerprint density at radius 1 is 1.30 bits per heavy atom. The highest BCUT2D eigenvalue weighted by Gasteiger charge is 2.27. The minimum absolute atomic E-state index is 0.462. The van der Waals surface area contributed by atoms with Gasteiger partial charge in [0, 0.05) is 11.5 Å². The van der Waals surface area contributed by atoms with Crippen LogP contribution in [0.25, 0.3) is 11.5 Å². The van der Waals surface area contributed by atoms with Crippen molar-refractivity contribution in [1.82, 2.24) is 10.1 Å². The van der Waals surface area contributed by atoms with Gasteiger partial charge in [0.15, 0.2) is 5.82 Å². The number of hydrogen-bond acceptors (Lipinski definition) is 4. The van der Waals surface area contributed by atoms with Crippen molar-refractivity contribution in [3.63, 3.8) is 0 Å². The first-order valence-corrected chi connectivity index (χ1v) is 7.40. The predicted octanol–water partition coefficient (Wildman–Crippen LogP) is 3.14. The van der Waals surface area contributed by atoms with E-state index in [4.69, 9.17) is 10.3 Å². The molecule has 0 spiro atoms. The fourth-order valence-corrected chi connectivity index (χ4v) is 3.05. The third-order valence-corrected chi connectivity index (χ3v) is 4.16. The van der Waals surface area contributed by atoms with Crippen LogP contribution in [0.15, 0.2) is 28.8 Å². The SMILES string of the molecule is CC1CCC(c2noc(-c3ccccc3CCN)n2)C1. The van der Waals surface area contributed by atoms with Crippen molar-refractivity contribution in [2.45, 2.75) is 38.5 Å². The minimum atomic E-state index is 0.462. The summed E-state index contributed by atoms with van der Waals surface area (Å²) in [5.74, 6) is 2.73. The van der Waals surface area contributed by atoms with Crippen LogP contribution in [0.3, 0.4) is 0 Å². The summed E-state index contributed by atoms with van der Waals surface area (Å²) in [4.78, 5) is 4.62. The highest BCUT2D eigenvalue weighted by molar-refractivity contribution is 5.58. The normalized spacial score (nSPS) is 22.3. The molecule has 2 unspecified atom stereocenters. The summed E-state index contributed by atoms with van der Waals surface area (Å²) in [5.41, 5.74) is 7.85. The quantitative estimate of drug-likeness (QED) is 0.927. The number of rotatable bonds is 4. The van der Waals surface area contributed by atoms with Crippen LogP contribution in [-0.2, 0) is 6.42 Å². The number of aromatic nitrogens is 2. The van der Waals surface area contributed by atoms with E-state index in [1.807, 2.05) is 18.2 Å². The molecule has 4 heteroatoms. The molecule has 20 heavy (non-hydrogen) atoms. The molecule has 1 saturated carbocycles. The van der Waals surface area contributed by atoms with Crippen molar-refractivity contribution >= 4 is 0 Å². The fraction of sp³-hybridized carbons (Fsp3) is 0.500. The summed E-state index contributed by atoms with van der Waals surface area (Å²) in [6.45, 7) is 2.91. The smallest absolute Gasteiger partial charge is 0.258 e. The van der Waals surface area contributed by atoms with Gasteiger partial charge in [0.1, 0.15) is 0 Å². The van der Waals surface area contributed by atoms with Gasteiger partial charge in [0.2, 0.25) is 0 Å². The second-order valence-electron chi connectivity index (χ2n) is 5.77. The summed E-state index contributed by atoms with van der Waals surface area (Å²) >= 11 is 0. The van der Waals surface area contributed by atoms with Crippen molar-refractivity contribution in [3.8, 4) is 11.5 Å². The third kappa shape index (κ3) is 2.61. The van der Waals surface area contributed by atoms with Gasteiger partial charge >= 0.3 is 0 Å². The molecule has 0 amide bonds. The van der Waals surface area contributed by atoms with E-state index in [2.05, 4.69) is 23.1 Å². The Labute approximate surface area is 119 Å². The Morgan fingerprint density at radius 2 is 2.15 bits per heavy atom. The molecular weight excluding hydrogens is 250 g/mol. The molecule has 0 aliphatic heterocycles. The second-order valence-corrected chi connectivity index (χ2v) is 5.77. The molecule has 0 bridgehead atoms. The molecule has 106 valence electrons. The summed E-state index contributed by atoms with van der Waals surface area (Å²) < 4.78 is 5.48. The molecule has 2 N–H and O–H groups in total. The van der Waals surface area contributed by atoms with Crippen LogP contribution in [0, 0.1) is 5.92 Å². The fourth-order valence-electron chi connectivity index (χ4n) is 3.05. The van der Waals surface area contributed by atoms with Gasteiger partial charge in [-0.05, 0) is 49.8 Å². The van der Waals surface area contributed by atoms with Crippen molar-refractivity contribution in [2.75, 3.05) is 6.54 Å². The Balaban J connectivity index is 1.86. The monoisotopic (exact) mass is 271 g/mol. The number of nitrogens with two attached hydrogens (primary N) is 1. The van der Waals surface area contributed by atoms with Crippen molar-refractivity contribution in [3.05, 3.63) is 35.7 Å². The maximum Gasteiger partial charge on any atom is 0.258 e. The van der Waals surface area contributed by atoms with Crippen LogP contribution < -0.4 is 5.73 Å². The maximum absolute atomic E-state index is 5.66. The Bertz CT molecular complexity index is 579. The summed E-state index contributed by atoms with van der Waals surface area (Å²) in [7, 11) is 0. The van der Waals surface area contributed by atoms with Gasteiger partial charge in [-0.3, -0.25) is 0 Å². The van der Waals surface area contributed by atoms with Gasteiger partial charge in [-0.25, -0.2) is 0 Å². The number of hydrogen-bond donors (Lipinski definition) is 1. The first-order valence-electron chi connectivity index (χ1n) is 7.40. The Hall–Kier alpha value is -1.68. The second kappa shape index (κ2) is 5.75. The minimum Gasteiger partial charge on any atom is -0.334 e. The highest BCUT2D eigenvalue weighted by atomic mass is 16.5. The van der Waals surface area contributed by atoms with E-state index in [9.17, 15) is 0 Å². The van der Waals surface area contributed by atoms with E-state index in [1.54, 1.807) is 0 Å². The molecule has 1 fully saturated rings. The predicted molar refractivity (Wildman–Crippen MR) is 78.2 cm³/mol. The summed E-state index contributed by atoms with van der Waals surface area (Å²) in [6, 6.07) is 8.12. The lowest BCUT2D eigenvalue weighted by atomic mass is 10.0. The Morgan fingerprint density at radius 3 is 2.90 bits per heavy atom. The van der Waals surface area contributed by atoms with Gasteiger partial charge in [0.05, 0.1) is 0 Å². The molecular formula is C16H21N3O. The zero-order valence-corrected chi connectivity index (χ0v) is 11.9. The van der Waals surface area contributed by atoms with Gasteiger partial charge in [-0.15, -0.1) is 0 Å². The molecule has 1 aliphatic rings. The van der Waals surface area contributed by atoms with Crippen LogP contribution in [-0.4, -0.2) is 16.7 Å². The lowest BCUT2D eigenvalue weighted by molar-refractivity contribution is 0.414. The molecule has 1 aliphatic carbocycles. The van der Waals surface area contributed by atoms with E-state index >= 15 is 0 Å². The van der Waals surface area contributed by atoms with Crippen molar-refractivity contribution in [2.24, 2.45) is 11.7 Å². The van der Waals surface area contributed by atoms with Crippen LogP contribution in [0.2, 0.25) is 0 Å². The lowest BCUT2D eigenvalue weighted by Gasteiger charge is -2.04. The molecule has 2 aromatic rings. The lowest BCUT2D eigenvalue weighted by Crippen LogP contribution is -2.04. The van der Waals surface area contributed by atoms with Gasteiger partial charge < -0.3 is 10.3 Å². The standard InChI is InChI=1S/C16H21N3O/c1-11-6-7-13(10-11)15-18-16(20-19-15)14-5-3-2-4-12(14)8-9-17/h2-5,11,13H,6-10,17H2,1H3. The molecule has 4 nitrogen and oxygen atoms in total. The van der Waals surface area contributed by atoms with E-state index < -0.39 is 0 Å². The van der Waals surface area contributed by atoms with E-state index in [1.165, 1.54) is 24.8 Å². The van der Waals surface area contributed by atoms with Crippen LogP contribution in [0.1, 0.15) is 43.5 Å². The van der Waals surface area contributed by atoms with Crippen molar-refractivity contribution in [1.29, 1.82) is 0 Å². The molecule has 0 radical (unpaired) electrons. The van der Waals surface area contributed by atoms with Crippen LogP contribution >= 0.6 is 0 Å². The molecule has 1 aromatic heterocycles. The number of benzene rings is 1. The average Bonchev–Trinajstić information content (AvgIpc) is 3.08.